The van der Waals surface area contributed by atoms with E-state index in [1.54, 1.807) is 19.1 Å². The fourth-order valence-electron chi connectivity index (χ4n) is 1.52. The Bertz CT molecular complexity index is 493. The first-order valence-electron chi connectivity index (χ1n) is 5.59. The van der Waals surface area contributed by atoms with Crippen molar-refractivity contribution in [2.24, 2.45) is 5.92 Å². The van der Waals surface area contributed by atoms with Crippen molar-refractivity contribution in [2.45, 2.75) is 13.5 Å². The minimum Gasteiger partial charge on any atom is -0.212 e. The maximum atomic E-state index is 13.0. The minimum absolute atomic E-state index is 0.00230. The number of hydrogen-bond donors (Lipinski definition) is 0. The summed E-state index contributed by atoms with van der Waals surface area (Å²) in [6, 6.07) is 5.91. The zero-order chi connectivity index (χ0) is 13.8. The van der Waals surface area contributed by atoms with Crippen molar-refractivity contribution in [3.63, 3.8) is 0 Å². The fraction of sp³-hybridized carbons (Fsp3) is 0.500. The standard InChI is InChI=1S/C12H17ClFNO2S/c1-10(7-13)9-18(16,17)15(2)8-11-4-3-5-12(14)6-11/h3-6,10H,7-9H2,1-2H3. The summed E-state index contributed by atoms with van der Waals surface area (Å²) in [5.41, 5.74) is 0.625. The molecule has 18 heavy (non-hydrogen) atoms. The molecule has 0 saturated carbocycles. The van der Waals surface area contributed by atoms with E-state index in [0.717, 1.165) is 0 Å². The summed E-state index contributed by atoms with van der Waals surface area (Å²) in [7, 11) is -1.87. The van der Waals surface area contributed by atoms with Crippen LogP contribution in [0.25, 0.3) is 0 Å². The molecule has 0 bridgehead atoms. The largest absolute Gasteiger partial charge is 0.214 e. The van der Waals surface area contributed by atoms with Crippen LogP contribution in [-0.2, 0) is 16.6 Å². The highest BCUT2D eigenvalue weighted by atomic mass is 35.5. The molecule has 0 radical (unpaired) electrons. The molecule has 3 nitrogen and oxygen atoms in total. The normalized spacial score (nSPS) is 13.8. The van der Waals surface area contributed by atoms with Gasteiger partial charge in [-0.05, 0) is 23.6 Å². The maximum Gasteiger partial charge on any atom is 0.214 e. The van der Waals surface area contributed by atoms with Gasteiger partial charge in [0, 0.05) is 19.5 Å². The first-order chi connectivity index (χ1) is 8.35. The Kier molecular flexibility index (Phi) is 5.56. The van der Waals surface area contributed by atoms with Crippen LogP contribution in [0.5, 0.6) is 0 Å². The number of hydrogen-bond acceptors (Lipinski definition) is 2. The van der Waals surface area contributed by atoms with Crippen molar-refractivity contribution in [2.75, 3.05) is 18.7 Å². The molecule has 1 rings (SSSR count). The van der Waals surface area contributed by atoms with Gasteiger partial charge in [0.05, 0.1) is 5.75 Å². The van der Waals surface area contributed by atoms with Gasteiger partial charge in [0.1, 0.15) is 5.82 Å². The van der Waals surface area contributed by atoms with Crippen LogP contribution >= 0.6 is 11.6 Å². The van der Waals surface area contributed by atoms with Gasteiger partial charge in [-0.2, -0.15) is 0 Å². The molecule has 1 aromatic carbocycles. The van der Waals surface area contributed by atoms with E-state index in [0.29, 0.717) is 11.4 Å². The van der Waals surface area contributed by atoms with Crippen LogP contribution in [0.1, 0.15) is 12.5 Å². The molecular formula is C12H17ClFNO2S. The zero-order valence-electron chi connectivity index (χ0n) is 10.4. The van der Waals surface area contributed by atoms with E-state index < -0.39 is 10.0 Å². The Labute approximate surface area is 113 Å². The molecule has 0 N–H and O–H groups in total. The molecular weight excluding hydrogens is 277 g/mol. The van der Waals surface area contributed by atoms with E-state index in [1.165, 1.54) is 23.5 Å². The van der Waals surface area contributed by atoms with E-state index >= 15 is 0 Å². The molecule has 0 heterocycles. The molecule has 1 unspecified atom stereocenters. The maximum absolute atomic E-state index is 13.0. The zero-order valence-corrected chi connectivity index (χ0v) is 12.0. The summed E-state index contributed by atoms with van der Waals surface area (Å²) in [5.74, 6) is -0.172. The van der Waals surface area contributed by atoms with Gasteiger partial charge < -0.3 is 0 Å². The van der Waals surface area contributed by atoms with Gasteiger partial charge in [0.25, 0.3) is 0 Å². The predicted octanol–water partition coefficient (Wildman–Crippen LogP) is 2.46. The lowest BCUT2D eigenvalue weighted by Gasteiger charge is -2.19. The van der Waals surface area contributed by atoms with E-state index in [-0.39, 0.29) is 24.0 Å². The van der Waals surface area contributed by atoms with Crippen LogP contribution in [0.3, 0.4) is 0 Å². The summed E-state index contributed by atoms with van der Waals surface area (Å²) in [6.07, 6.45) is 0. The van der Waals surface area contributed by atoms with Crippen molar-refractivity contribution < 1.29 is 12.8 Å². The van der Waals surface area contributed by atoms with Crippen molar-refractivity contribution in [3.8, 4) is 0 Å². The smallest absolute Gasteiger partial charge is 0.212 e. The minimum atomic E-state index is -3.36. The average Bonchev–Trinajstić information content (AvgIpc) is 2.28. The molecule has 102 valence electrons. The van der Waals surface area contributed by atoms with Gasteiger partial charge in [-0.15, -0.1) is 11.6 Å². The van der Waals surface area contributed by atoms with Gasteiger partial charge >= 0.3 is 0 Å². The number of benzene rings is 1. The van der Waals surface area contributed by atoms with E-state index in [1.807, 2.05) is 0 Å². The summed E-state index contributed by atoms with van der Waals surface area (Å²) < 4.78 is 38.1. The summed E-state index contributed by atoms with van der Waals surface area (Å²) >= 11 is 5.61. The predicted molar refractivity (Wildman–Crippen MR) is 71.5 cm³/mol. The van der Waals surface area contributed by atoms with Crippen LogP contribution in [0.4, 0.5) is 4.39 Å². The third-order valence-electron chi connectivity index (χ3n) is 2.53. The molecule has 0 spiro atoms. The van der Waals surface area contributed by atoms with Crippen molar-refractivity contribution in [1.29, 1.82) is 0 Å². The van der Waals surface area contributed by atoms with Crippen LogP contribution in [0.15, 0.2) is 24.3 Å². The topological polar surface area (TPSA) is 37.4 Å². The van der Waals surface area contributed by atoms with Crippen LogP contribution in [-0.4, -0.2) is 31.4 Å². The quantitative estimate of drug-likeness (QED) is 0.756. The number of halogens is 2. The first-order valence-corrected chi connectivity index (χ1v) is 7.74. The van der Waals surface area contributed by atoms with Gasteiger partial charge in [-0.25, -0.2) is 17.1 Å². The van der Waals surface area contributed by atoms with E-state index in [9.17, 15) is 12.8 Å². The number of nitrogens with zero attached hydrogens (tertiary/aromatic N) is 1. The molecule has 0 fully saturated rings. The van der Waals surface area contributed by atoms with E-state index in [4.69, 9.17) is 11.6 Å². The lowest BCUT2D eigenvalue weighted by molar-refractivity contribution is 0.459. The number of rotatable bonds is 6. The molecule has 0 aliphatic heterocycles. The molecule has 0 aliphatic rings. The SMILES string of the molecule is CC(CCl)CS(=O)(=O)N(C)Cc1cccc(F)c1. The van der Waals surface area contributed by atoms with E-state index in [2.05, 4.69) is 0 Å². The third kappa shape index (κ3) is 4.55. The molecule has 0 saturated heterocycles. The number of sulfonamides is 1. The Hall–Kier alpha value is -0.650. The average molecular weight is 294 g/mol. The second kappa shape index (κ2) is 6.50. The number of alkyl halides is 1. The molecule has 0 aromatic heterocycles. The summed E-state index contributed by atoms with van der Waals surface area (Å²) in [6.45, 7) is 1.94. The van der Waals surface area contributed by atoms with Crippen LogP contribution in [0, 0.1) is 11.7 Å². The van der Waals surface area contributed by atoms with Crippen LogP contribution < -0.4 is 0 Å². The van der Waals surface area contributed by atoms with Crippen molar-refractivity contribution >= 4 is 21.6 Å². The molecule has 1 atom stereocenters. The Morgan fingerprint density at radius 1 is 1.44 bits per heavy atom. The van der Waals surface area contributed by atoms with Crippen molar-refractivity contribution in [1.82, 2.24) is 4.31 Å². The van der Waals surface area contributed by atoms with Gasteiger partial charge in [0.2, 0.25) is 10.0 Å². The lowest BCUT2D eigenvalue weighted by Crippen LogP contribution is -2.31. The third-order valence-corrected chi connectivity index (χ3v) is 5.12. The van der Waals surface area contributed by atoms with Crippen LogP contribution in [0.2, 0.25) is 0 Å². The highest BCUT2D eigenvalue weighted by molar-refractivity contribution is 7.89. The van der Waals surface area contributed by atoms with Gasteiger partial charge in [-0.3, -0.25) is 0 Å². The van der Waals surface area contributed by atoms with Gasteiger partial charge in [-0.1, -0.05) is 19.1 Å². The Balaban J connectivity index is 2.73. The first kappa shape index (κ1) is 15.4. The second-order valence-corrected chi connectivity index (χ2v) is 6.85. The molecule has 6 heteroatoms. The second-order valence-electron chi connectivity index (χ2n) is 4.42. The summed E-state index contributed by atoms with van der Waals surface area (Å²) in [4.78, 5) is 0. The highest BCUT2D eigenvalue weighted by Gasteiger charge is 2.21. The van der Waals surface area contributed by atoms with Crippen molar-refractivity contribution in [3.05, 3.63) is 35.6 Å². The molecule has 0 amide bonds. The molecule has 1 aromatic rings. The lowest BCUT2D eigenvalue weighted by atomic mass is 10.2. The monoisotopic (exact) mass is 293 g/mol. The summed E-state index contributed by atoms with van der Waals surface area (Å²) in [5, 5.41) is 0. The van der Waals surface area contributed by atoms with Gasteiger partial charge in [0.15, 0.2) is 0 Å². The fourth-order valence-corrected chi connectivity index (χ4v) is 3.20. The highest BCUT2D eigenvalue weighted by Crippen LogP contribution is 2.12. The molecule has 0 aliphatic carbocycles. The Morgan fingerprint density at radius 3 is 2.67 bits per heavy atom. The Morgan fingerprint density at radius 2 is 2.11 bits per heavy atom.